The molecule has 9 heteroatoms. The summed E-state index contributed by atoms with van der Waals surface area (Å²) in [6, 6.07) is 10.3. The first-order valence-corrected chi connectivity index (χ1v) is 10.6. The number of anilines is 1. The van der Waals surface area contributed by atoms with Crippen molar-refractivity contribution in [2.45, 2.75) is 24.8 Å². The highest BCUT2D eigenvalue weighted by atomic mass is 16.5. The van der Waals surface area contributed by atoms with Gasteiger partial charge in [0.05, 0.1) is 21.3 Å². The standard InChI is InChI=1S/C24H24N4O5/c1-31-19-10-14(11-20(32-2)23(19)33-3)22-21-16(27-24-25-12-26-28(22)24)8-13(9-18(21)30)15-6-4-5-7-17(15)29/h4-7,10-13,22,29H,8-9H2,1-3H3,(H,25,26,27)/t13-,22+/m1/s1. The Morgan fingerprint density at radius 2 is 1.79 bits per heavy atom. The second-order valence-corrected chi connectivity index (χ2v) is 7.99. The zero-order chi connectivity index (χ0) is 23.1. The molecule has 2 N–H and O–H groups in total. The molecule has 0 amide bonds. The van der Waals surface area contributed by atoms with Gasteiger partial charge in [-0.2, -0.15) is 10.1 Å². The number of para-hydroxylation sites is 1. The quantitative estimate of drug-likeness (QED) is 0.611. The summed E-state index contributed by atoms with van der Waals surface area (Å²) in [5.74, 6) is 2.03. The van der Waals surface area contributed by atoms with Gasteiger partial charge in [-0.15, -0.1) is 0 Å². The third kappa shape index (κ3) is 3.36. The first-order chi connectivity index (χ1) is 16.0. The van der Waals surface area contributed by atoms with Crippen LogP contribution < -0.4 is 19.5 Å². The Kier molecular flexibility index (Phi) is 5.16. The Hall–Kier alpha value is -4.01. The second-order valence-electron chi connectivity index (χ2n) is 7.99. The van der Waals surface area contributed by atoms with Gasteiger partial charge in [0.2, 0.25) is 11.7 Å². The van der Waals surface area contributed by atoms with Crippen LogP contribution in [0.25, 0.3) is 0 Å². The number of carbonyl (C=O) groups excluding carboxylic acids is 1. The van der Waals surface area contributed by atoms with Crippen molar-refractivity contribution in [2.75, 3.05) is 26.6 Å². The first kappa shape index (κ1) is 20.9. The molecule has 0 fully saturated rings. The van der Waals surface area contributed by atoms with Crippen molar-refractivity contribution in [3.63, 3.8) is 0 Å². The lowest BCUT2D eigenvalue weighted by Gasteiger charge is -2.35. The average molecular weight is 448 g/mol. The number of nitrogens with zero attached hydrogens (tertiary/aromatic N) is 3. The molecule has 2 heterocycles. The number of benzene rings is 2. The zero-order valence-electron chi connectivity index (χ0n) is 18.5. The number of aromatic hydroxyl groups is 1. The Morgan fingerprint density at radius 3 is 2.45 bits per heavy atom. The second kappa shape index (κ2) is 8.16. The molecule has 0 spiro atoms. The number of phenolic OH excluding ortho intramolecular Hbond substituents is 1. The van der Waals surface area contributed by atoms with Gasteiger partial charge in [0.1, 0.15) is 18.1 Å². The highest BCUT2D eigenvalue weighted by Crippen LogP contribution is 2.47. The van der Waals surface area contributed by atoms with Crippen LogP contribution in [0.2, 0.25) is 0 Å². The predicted octanol–water partition coefficient (Wildman–Crippen LogP) is 3.43. The number of Topliss-reactive ketones (excluding diaryl/α,β-unsaturated/α-hetero) is 1. The number of carbonyl (C=O) groups is 1. The molecule has 170 valence electrons. The van der Waals surface area contributed by atoms with Crippen LogP contribution in [0.1, 0.15) is 35.9 Å². The van der Waals surface area contributed by atoms with Crippen molar-refractivity contribution in [1.29, 1.82) is 0 Å². The highest BCUT2D eigenvalue weighted by molar-refractivity contribution is 6.00. The van der Waals surface area contributed by atoms with Crippen molar-refractivity contribution < 1.29 is 24.1 Å². The van der Waals surface area contributed by atoms with Crippen LogP contribution in [0.3, 0.4) is 0 Å². The van der Waals surface area contributed by atoms with Crippen molar-refractivity contribution in [3.8, 4) is 23.0 Å². The average Bonchev–Trinajstić information content (AvgIpc) is 3.30. The molecule has 1 aromatic heterocycles. The van der Waals surface area contributed by atoms with Gasteiger partial charge in [0.15, 0.2) is 17.3 Å². The Labute approximate surface area is 190 Å². The fourth-order valence-electron chi connectivity index (χ4n) is 4.77. The maximum absolute atomic E-state index is 13.5. The van der Waals surface area contributed by atoms with E-state index < -0.39 is 6.04 Å². The number of allylic oxidation sites excluding steroid dienone is 2. The number of rotatable bonds is 5. The van der Waals surface area contributed by atoms with Gasteiger partial charge < -0.3 is 24.6 Å². The maximum Gasteiger partial charge on any atom is 0.226 e. The zero-order valence-corrected chi connectivity index (χ0v) is 18.5. The molecule has 2 aliphatic rings. The third-order valence-electron chi connectivity index (χ3n) is 6.24. The first-order valence-electron chi connectivity index (χ1n) is 10.6. The SMILES string of the molecule is COc1cc([C@H]2C3=C(C[C@@H](c4ccccc4O)CC3=O)Nc3ncnn32)cc(OC)c1OC. The molecule has 9 nitrogen and oxygen atoms in total. The highest BCUT2D eigenvalue weighted by Gasteiger charge is 2.40. The number of phenols is 1. The molecule has 5 rings (SSSR count). The summed E-state index contributed by atoms with van der Waals surface area (Å²) < 4.78 is 18.2. The van der Waals surface area contributed by atoms with Crippen molar-refractivity contribution in [3.05, 3.63) is 65.1 Å². The molecule has 0 saturated heterocycles. The van der Waals surface area contributed by atoms with Gasteiger partial charge in [-0.25, -0.2) is 4.68 Å². The monoisotopic (exact) mass is 448 g/mol. The number of methoxy groups -OCH3 is 3. The molecule has 0 unspecified atom stereocenters. The van der Waals surface area contributed by atoms with Crippen molar-refractivity contribution in [1.82, 2.24) is 14.8 Å². The van der Waals surface area contributed by atoms with Gasteiger partial charge >= 0.3 is 0 Å². The smallest absolute Gasteiger partial charge is 0.226 e. The van der Waals surface area contributed by atoms with E-state index in [4.69, 9.17) is 14.2 Å². The van der Waals surface area contributed by atoms with Crippen LogP contribution in [-0.2, 0) is 4.79 Å². The lowest BCUT2D eigenvalue weighted by Crippen LogP contribution is -2.33. The molecule has 3 aromatic rings. The summed E-state index contributed by atoms with van der Waals surface area (Å²) in [4.78, 5) is 17.9. The van der Waals surface area contributed by atoms with E-state index in [0.29, 0.717) is 35.2 Å². The summed E-state index contributed by atoms with van der Waals surface area (Å²) in [6.45, 7) is 0. The fraction of sp³-hybridized carbons (Fsp3) is 0.292. The van der Waals surface area contributed by atoms with Crippen LogP contribution in [0.4, 0.5) is 5.95 Å². The van der Waals surface area contributed by atoms with Gasteiger partial charge in [-0.3, -0.25) is 4.79 Å². The summed E-state index contributed by atoms with van der Waals surface area (Å²) in [5, 5.41) is 18.0. The number of hydrogen-bond donors (Lipinski definition) is 2. The number of nitrogens with one attached hydrogen (secondary N) is 1. The number of hydrogen-bond acceptors (Lipinski definition) is 8. The predicted molar refractivity (Wildman–Crippen MR) is 120 cm³/mol. The van der Waals surface area contributed by atoms with Crippen molar-refractivity contribution >= 4 is 11.7 Å². The van der Waals surface area contributed by atoms with Gasteiger partial charge in [-0.05, 0) is 35.7 Å². The van der Waals surface area contributed by atoms with Crippen LogP contribution in [-0.4, -0.2) is 47.0 Å². The number of aromatic nitrogens is 3. The maximum atomic E-state index is 13.5. The minimum Gasteiger partial charge on any atom is -0.508 e. The molecule has 0 saturated carbocycles. The molecular formula is C24H24N4O5. The van der Waals surface area contributed by atoms with E-state index >= 15 is 0 Å². The van der Waals surface area contributed by atoms with E-state index in [2.05, 4.69) is 15.4 Å². The minimum absolute atomic E-state index is 0.0168. The van der Waals surface area contributed by atoms with Gasteiger partial charge in [0.25, 0.3) is 0 Å². The van der Waals surface area contributed by atoms with E-state index in [1.807, 2.05) is 24.3 Å². The minimum atomic E-state index is -0.509. The summed E-state index contributed by atoms with van der Waals surface area (Å²) in [5.41, 5.74) is 2.92. The van der Waals surface area contributed by atoms with E-state index in [9.17, 15) is 9.90 Å². The molecule has 33 heavy (non-hydrogen) atoms. The Bertz CT molecular complexity index is 1240. The van der Waals surface area contributed by atoms with Crippen LogP contribution in [0.5, 0.6) is 23.0 Å². The Morgan fingerprint density at radius 1 is 1.06 bits per heavy atom. The number of ether oxygens (including phenoxy) is 3. The number of ketones is 1. The molecule has 2 aromatic carbocycles. The topological polar surface area (TPSA) is 108 Å². The van der Waals surface area contributed by atoms with E-state index in [-0.39, 0.29) is 23.9 Å². The number of fused-ring (bicyclic) bond motifs is 1. The summed E-state index contributed by atoms with van der Waals surface area (Å²) in [6.07, 6.45) is 2.30. The van der Waals surface area contributed by atoms with Gasteiger partial charge in [-0.1, -0.05) is 18.2 Å². The van der Waals surface area contributed by atoms with E-state index in [1.54, 1.807) is 38.1 Å². The van der Waals surface area contributed by atoms with E-state index in [1.165, 1.54) is 6.33 Å². The normalized spacial score (nSPS) is 19.4. The summed E-state index contributed by atoms with van der Waals surface area (Å²) in [7, 11) is 4.65. The molecule has 0 radical (unpaired) electrons. The fourth-order valence-corrected chi connectivity index (χ4v) is 4.77. The van der Waals surface area contributed by atoms with E-state index in [0.717, 1.165) is 16.8 Å². The van der Waals surface area contributed by atoms with Crippen LogP contribution in [0.15, 0.2) is 54.0 Å². The molecule has 0 bridgehead atoms. The molecule has 2 atom stereocenters. The summed E-state index contributed by atoms with van der Waals surface area (Å²) >= 11 is 0. The van der Waals surface area contributed by atoms with Crippen molar-refractivity contribution in [2.24, 2.45) is 0 Å². The Balaban J connectivity index is 1.64. The van der Waals surface area contributed by atoms with Crippen LogP contribution >= 0.6 is 0 Å². The van der Waals surface area contributed by atoms with Crippen LogP contribution in [0, 0.1) is 0 Å². The van der Waals surface area contributed by atoms with Gasteiger partial charge in [0, 0.05) is 23.6 Å². The molecule has 1 aliphatic carbocycles. The largest absolute Gasteiger partial charge is 0.508 e. The molecular weight excluding hydrogens is 424 g/mol. The third-order valence-corrected chi connectivity index (χ3v) is 6.24. The molecule has 1 aliphatic heterocycles. The lowest BCUT2D eigenvalue weighted by molar-refractivity contribution is -0.116. The lowest BCUT2D eigenvalue weighted by atomic mass is 9.77.